The summed E-state index contributed by atoms with van der Waals surface area (Å²) in [4.78, 5) is 30.6. The van der Waals surface area contributed by atoms with E-state index in [2.05, 4.69) is 10.3 Å². The fourth-order valence-electron chi connectivity index (χ4n) is 2.30. The maximum Gasteiger partial charge on any atom is 0.260 e. The van der Waals surface area contributed by atoms with Crippen molar-refractivity contribution in [1.29, 1.82) is 0 Å². The van der Waals surface area contributed by atoms with Gasteiger partial charge in [0.2, 0.25) is 5.91 Å². The Hall–Kier alpha value is -2.16. The van der Waals surface area contributed by atoms with E-state index in [1.165, 1.54) is 16.2 Å². The Morgan fingerprint density at radius 1 is 1.29 bits per heavy atom. The zero-order valence-corrected chi connectivity index (χ0v) is 17.5. The topological polar surface area (TPSA) is 80.8 Å². The van der Waals surface area contributed by atoms with Crippen LogP contribution in [0.1, 0.15) is 19.0 Å². The largest absolute Gasteiger partial charge is 0.484 e. The average molecular weight is 426 g/mol. The summed E-state index contributed by atoms with van der Waals surface area (Å²) in [7, 11) is 0. The van der Waals surface area contributed by atoms with Gasteiger partial charge in [0.25, 0.3) is 5.91 Å². The van der Waals surface area contributed by atoms with Gasteiger partial charge in [0, 0.05) is 30.2 Å². The molecule has 0 radical (unpaired) electrons. The van der Waals surface area contributed by atoms with E-state index in [0.717, 1.165) is 5.69 Å². The molecule has 0 saturated heterocycles. The Balaban J connectivity index is 1.91. The minimum Gasteiger partial charge on any atom is -0.484 e. The number of nitrogens with one attached hydrogen (secondary N) is 1. The van der Waals surface area contributed by atoms with E-state index >= 15 is 0 Å². The third kappa shape index (κ3) is 7.84. The molecule has 1 aromatic carbocycles. The van der Waals surface area contributed by atoms with Crippen LogP contribution in [0.3, 0.4) is 0 Å². The lowest BCUT2D eigenvalue weighted by atomic mass is 10.3. The molecule has 0 aliphatic rings. The van der Waals surface area contributed by atoms with Crippen LogP contribution in [0.25, 0.3) is 0 Å². The van der Waals surface area contributed by atoms with E-state index in [-0.39, 0.29) is 25.0 Å². The molecule has 2 amide bonds. The van der Waals surface area contributed by atoms with Gasteiger partial charge in [-0.15, -0.1) is 11.3 Å². The number of rotatable bonds is 11. The fourth-order valence-corrected chi connectivity index (χ4v) is 3.13. The minimum atomic E-state index is -0.300. The molecule has 7 nitrogen and oxygen atoms in total. The van der Waals surface area contributed by atoms with Crippen molar-refractivity contribution in [1.82, 2.24) is 9.88 Å². The Morgan fingerprint density at radius 3 is 2.68 bits per heavy atom. The highest BCUT2D eigenvalue weighted by Crippen LogP contribution is 2.16. The highest BCUT2D eigenvalue weighted by atomic mass is 35.5. The first-order valence-corrected chi connectivity index (χ1v) is 10.2. The highest BCUT2D eigenvalue weighted by molar-refractivity contribution is 7.13. The highest BCUT2D eigenvalue weighted by Gasteiger charge is 2.18. The lowest BCUT2D eigenvalue weighted by Gasteiger charge is -2.22. The van der Waals surface area contributed by atoms with Gasteiger partial charge in [0.15, 0.2) is 11.7 Å². The molecular formula is C19H24ClN3O4S. The molecule has 9 heteroatoms. The van der Waals surface area contributed by atoms with Crippen molar-refractivity contribution >= 4 is 39.9 Å². The van der Waals surface area contributed by atoms with E-state index in [1.54, 1.807) is 24.3 Å². The van der Waals surface area contributed by atoms with Gasteiger partial charge in [0.05, 0.1) is 5.69 Å². The summed E-state index contributed by atoms with van der Waals surface area (Å²) in [5, 5.41) is 5.67. The molecule has 1 N–H and O–H groups in total. The number of carbonyl (C=O) groups is 2. The molecule has 0 spiro atoms. The van der Waals surface area contributed by atoms with E-state index in [4.69, 9.17) is 21.1 Å². The van der Waals surface area contributed by atoms with Crippen molar-refractivity contribution in [3.63, 3.8) is 0 Å². The van der Waals surface area contributed by atoms with Gasteiger partial charge >= 0.3 is 0 Å². The SMILES string of the molecule is CCOCCCN(CC(=O)Nc1nc(C)cs1)C(=O)COc1ccc(Cl)cc1. The van der Waals surface area contributed by atoms with E-state index < -0.39 is 0 Å². The molecule has 0 aliphatic carbocycles. The number of ether oxygens (including phenoxy) is 2. The normalized spacial score (nSPS) is 10.5. The first kappa shape index (κ1) is 22.1. The minimum absolute atomic E-state index is 0.0758. The summed E-state index contributed by atoms with van der Waals surface area (Å²) < 4.78 is 10.8. The molecule has 0 fully saturated rings. The number of benzene rings is 1. The Bertz CT molecular complexity index is 767. The second-order valence-electron chi connectivity index (χ2n) is 5.95. The number of aromatic nitrogens is 1. The smallest absolute Gasteiger partial charge is 0.260 e. The summed E-state index contributed by atoms with van der Waals surface area (Å²) in [6.45, 7) is 5.04. The summed E-state index contributed by atoms with van der Waals surface area (Å²) in [6.07, 6.45) is 0.629. The number of amides is 2. The lowest BCUT2D eigenvalue weighted by Crippen LogP contribution is -2.41. The Labute approximate surface area is 173 Å². The van der Waals surface area contributed by atoms with Gasteiger partial charge in [0.1, 0.15) is 12.3 Å². The average Bonchev–Trinajstić information content (AvgIpc) is 3.08. The van der Waals surface area contributed by atoms with Gasteiger partial charge in [-0.2, -0.15) is 0 Å². The monoisotopic (exact) mass is 425 g/mol. The summed E-state index contributed by atoms with van der Waals surface area (Å²) in [6, 6.07) is 6.74. The first-order chi connectivity index (χ1) is 13.5. The molecule has 0 unspecified atom stereocenters. The van der Waals surface area contributed by atoms with Crippen molar-refractivity contribution in [3.8, 4) is 5.75 Å². The molecule has 0 atom stereocenters. The van der Waals surface area contributed by atoms with Crippen LogP contribution >= 0.6 is 22.9 Å². The molecular weight excluding hydrogens is 402 g/mol. The Kier molecular flexibility index (Phi) is 9.19. The number of hydrogen-bond acceptors (Lipinski definition) is 6. The van der Waals surface area contributed by atoms with E-state index in [1.807, 2.05) is 19.2 Å². The van der Waals surface area contributed by atoms with Crippen LogP contribution < -0.4 is 10.1 Å². The van der Waals surface area contributed by atoms with Gasteiger partial charge in [-0.05, 0) is 44.5 Å². The fraction of sp³-hybridized carbons (Fsp3) is 0.421. The number of hydrogen-bond donors (Lipinski definition) is 1. The summed E-state index contributed by atoms with van der Waals surface area (Å²) in [5.74, 6) is -0.0442. The van der Waals surface area contributed by atoms with Crippen molar-refractivity contribution < 1.29 is 19.1 Å². The lowest BCUT2D eigenvalue weighted by molar-refractivity contribution is -0.136. The maximum atomic E-state index is 12.6. The number of anilines is 1. The number of aryl methyl sites for hydroxylation is 1. The molecule has 28 heavy (non-hydrogen) atoms. The third-order valence-corrected chi connectivity index (χ3v) is 4.78. The molecule has 0 aliphatic heterocycles. The zero-order chi connectivity index (χ0) is 20.4. The zero-order valence-electron chi connectivity index (χ0n) is 15.9. The molecule has 2 rings (SSSR count). The van der Waals surface area contributed by atoms with Crippen LogP contribution in [-0.4, -0.2) is 54.6 Å². The number of carbonyl (C=O) groups excluding carboxylic acids is 2. The van der Waals surface area contributed by atoms with E-state index in [9.17, 15) is 9.59 Å². The Morgan fingerprint density at radius 2 is 2.04 bits per heavy atom. The van der Waals surface area contributed by atoms with Crippen LogP contribution in [0.2, 0.25) is 5.02 Å². The van der Waals surface area contributed by atoms with Gasteiger partial charge in [-0.25, -0.2) is 4.98 Å². The van der Waals surface area contributed by atoms with Crippen molar-refractivity contribution in [2.75, 3.05) is 38.2 Å². The standard InChI is InChI=1S/C19H24ClN3O4S/c1-3-26-10-4-9-23(11-17(24)22-19-21-14(2)13-28-19)18(25)12-27-16-7-5-15(20)6-8-16/h5-8,13H,3-4,9-12H2,1-2H3,(H,21,22,24). The van der Waals surface area contributed by atoms with Crippen LogP contribution in [-0.2, 0) is 14.3 Å². The molecule has 1 heterocycles. The van der Waals surface area contributed by atoms with Gasteiger partial charge in [-0.3, -0.25) is 9.59 Å². The first-order valence-electron chi connectivity index (χ1n) is 8.93. The molecule has 0 bridgehead atoms. The van der Waals surface area contributed by atoms with Crippen LogP contribution in [0.5, 0.6) is 5.75 Å². The maximum absolute atomic E-state index is 12.6. The summed E-state index contributed by atoms with van der Waals surface area (Å²) >= 11 is 7.19. The second kappa shape index (κ2) is 11.6. The summed E-state index contributed by atoms with van der Waals surface area (Å²) in [5.41, 5.74) is 0.835. The van der Waals surface area contributed by atoms with Gasteiger partial charge < -0.3 is 19.7 Å². The molecule has 152 valence electrons. The predicted octanol–water partition coefficient (Wildman–Crippen LogP) is 3.38. The number of nitrogens with zero attached hydrogens (tertiary/aromatic N) is 2. The molecule has 0 saturated carbocycles. The van der Waals surface area contributed by atoms with E-state index in [0.29, 0.717) is 42.1 Å². The molecule has 1 aromatic heterocycles. The van der Waals surface area contributed by atoms with Gasteiger partial charge in [-0.1, -0.05) is 11.6 Å². The van der Waals surface area contributed by atoms with Crippen molar-refractivity contribution in [2.24, 2.45) is 0 Å². The van der Waals surface area contributed by atoms with Crippen molar-refractivity contribution in [2.45, 2.75) is 20.3 Å². The predicted molar refractivity (Wildman–Crippen MR) is 110 cm³/mol. The number of halogens is 1. The second-order valence-corrected chi connectivity index (χ2v) is 7.25. The van der Waals surface area contributed by atoms with Crippen LogP contribution in [0.4, 0.5) is 5.13 Å². The molecule has 2 aromatic rings. The van der Waals surface area contributed by atoms with Crippen LogP contribution in [0, 0.1) is 6.92 Å². The third-order valence-electron chi connectivity index (χ3n) is 3.65. The van der Waals surface area contributed by atoms with Crippen LogP contribution in [0.15, 0.2) is 29.6 Å². The van der Waals surface area contributed by atoms with Crippen molar-refractivity contribution in [3.05, 3.63) is 40.4 Å². The quantitative estimate of drug-likeness (QED) is 0.558. The number of thiazole rings is 1.